The average Bonchev–Trinajstić information content (AvgIpc) is 2.18. The topological polar surface area (TPSA) is 96.1 Å². The van der Waals surface area contributed by atoms with Crippen molar-refractivity contribution in [3.63, 3.8) is 0 Å². The molecule has 1 amide bonds. The number of hydrogen-bond acceptors (Lipinski definition) is 4. The summed E-state index contributed by atoms with van der Waals surface area (Å²) in [5.74, 6) is -0.209. The van der Waals surface area contributed by atoms with Crippen LogP contribution >= 0.6 is 0 Å². The molecule has 5 nitrogen and oxygen atoms in total. The normalized spacial score (nSPS) is 21.4. The van der Waals surface area contributed by atoms with Crippen molar-refractivity contribution in [2.24, 2.45) is 17.4 Å². The van der Waals surface area contributed by atoms with Gasteiger partial charge in [-0.15, -0.1) is 0 Å². The van der Waals surface area contributed by atoms with Gasteiger partial charge >= 0.3 is 0 Å². The molecular formula is C9H16N4O. The van der Waals surface area contributed by atoms with Gasteiger partial charge in [0.1, 0.15) is 6.04 Å². The lowest BCUT2D eigenvalue weighted by molar-refractivity contribution is -0.123. The maximum Gasteiger partial charge on any atom is 0.220 e. The maximum absolute atomic E-state index is 10.9. The third-order valence-corrected chi connectivity index (χ3v) is 2.61. The molecule has 0 aromatic heterocycles. The van der Waals surface area contributed by atoms with E-state index in [-0.39, 0.29) is 11.8 Å². The first-order chi connectivity index (χ1) is 6.63. The van der Waals surface area contributed by atoms with Gasteiger partial charge < -0.3 is 16.4 Å². The van der Waals surface area contributed by atoms with Crippen LogP contribution in [-0.4, -0.2) is 36.5 Å². The van der Waals surface area contributed by atoms with Crippen molar-refractivity contribution >= 4 is 5.91 Å². The van der Waals surface area contributed by atoms with Gasteiger partial charge in [0.2, 0.25) is 5.91 Å². The Hall–Kier alpha value is -1.12. The number of primary amides is 1. The van der Waals surface area contributed by atoms with Gasteiger partial charge in [0.15, 0.2) is 0 Å². The molecule has 14 heavy (non-hydrogen) atoms. The summed E-state index contributed by atoms with van der Waals surface area (Å²) in [5.41, 5.74) is 10.7. The second-order valence-corrected chi connectivity index (χ2v) is 3.71. The van der Waals surface area contributed by atoms with Crippen LogP contribution in [0.1, 0.15) is 12.8 Å². The zero-order chi connectivity index (χ0) is 10.6. The highest BCUT2D eigenvalue weighted by Gasteiger charge is 2.23. The molecule has 1 aliphatic heterocycles. The van der Waals surface area contributed by atoms with Gasteiger partial charge in [-0.25, -0.2) is 0 Å². The molecule has 1 heterocycles. The molecule has 1 aliphatic rings. The van der Waals surface area contributed by atoms with Gasteiger partial charge in [-0.2, -0.15) is 5.26 Å². The average molecular weight is 196 g/mol. The third-order valence-electron chi connectivity index (χ3n) is 2.61. The summed E-state index contributed by atoms with van der Waals surface area (Å²) in [6.45, 7) is 2.20. The van der Waals surface area contributed by atoms with E-state index in [1.165, 1.54) is 0 Å². The fourth-order valence-corrected chi connectivity index (χ4v) is 1.72. The summed E-state index contributed by atoms with van der Waals surface area (Å²) in [7, 11) is 0. The smallest absolute Gasteiger partial charge is 0.220 e. The molecule has 0 aromatic carbocycles. The predicted molar refractivity (Wildman–Crippen MR) is 51.9 cm³/mol. The monoisotopic (exact) mass is 196 g/mol. The molecule has 1 fully saturated rings. The van der Waals surface area contributed by atoms with E-state index in [4.69, 9.17) is 16.7 Å². The van der Waals surface area contributed by atoms with Crippen LogP contribution in [0.3, 0.4) is 0 Å². The predicted octanol–water partition coefficient (Wildman–Crippen LogP) is -0.965. The van der Waals surface area contributed by atoms with Gasteiger partial charge in [0, 0.05) is 12.5 Å². The molecular weight excluding hydrogens is 180 g/mol. The minimum Gasteiger partial charge on any atom is -0.369 e. The quantitative estimate of drug-likeness (QED) is 0.607. The number of carbonyl (C=O) groups is 1. The van der Waals surface area contributed by atoms with Crippen molar-refractivity contribution in [2.45, 2.75) is 18.9 Å². The Kier molecular flexibility index (Phi) is 3.86. The second kappa shape index (κ2) is 4.94. The first-order valence-electron chi connectivity index (χ1n) is 4.80. The lowest BCUT2D eigenvalue weighted by atomic mass is 9.96. The number of piperidine rings is 1. The molecule has 5 heteroatoms. The number of hydrogen-bond donors (Lipinski definition) is 2. The number of likely N-dealkylation sites (tertiary alicyclic amines) is 1. The van der Waals surface area contributed by atoms with Gasteiger partial charge in [-0.3, -0.25) is 4.79 Å². The van der Waals surface area contributed by atoms with Crippen LogP contribution in [0.2, 0.25) is 0 Å². The van der Waals surface area contributed by atoms with Gasteiger partial charge in [-0.1, -0.05) is 0 Å². The zero-order valence-electron chi connectivity index (χ0n) is 8.15. The van der Waals surface area contributed by atoms with Gasteiger partial charge in [-0.05, 0) is 25.9 Å². The van der Waals surface area contributed by atoms with E-state index in [9.17, 15) is 4.79 Å². The number of nitrogens with zero attached hydrogens (tertiary/aromatic N) is 2. The standard InChI is InChI=1S/C9H16N4O/c10-5-8(11)6-13-3-1-7(2-4-13)9(12)14/h7-8H,1-4,6,11H2,(H2,12,14). The van der Waals surface area contributed by atoms with Crippen LogP contribution in [0.25, 0.3) is 0 Å². The summed E-state index contributed by atoms with van der Waals surface area (Å²) in [4.78, 5) is 13.0. The van der Waals surface area contributed by atoms with Crippen molar-refractivity contribution in [3.8, 4) is 6.07 Å². The Bertz CT molecular complexity index is 240. The van der Waals surface area contributed by atoms with Crippen molar-refractivity contribution in [2.75, 3.05) is 19.6 Å². The van der Waals surface area contributed by atoms with Crippen molar-refractivity contribution in [1.82, 2.24) is 4.90 Å². The van der Waals surface area contributed by atoms with Crippen LogP contribution in [0.15, 0.2) is 0 Å². The van der Waals surface area contributed by atoms with Crippen molar-refractivity contribution in [3.05, 3.63) is 0 Å². The second-order valence-electron chi connectivity index (χ2n) is 3.71. The number of rotatable bonds is 3. The minimum atomic E-state index is -0.430. The van der Waals surface area contributed by atoms with Crippen molar-refractivity contribution < 1.29 is 4.79 Å². The van der Waals surface area contributed by atoms with Crippen molar-refractivity contribution in [1.29, 1.82) is 5.26 Å². The molecule has 1 rings (SSSR count). The van der Waals surface area contributed by atoms with Crippen LogP contribution in [0.4, 0.5) is 0 Å². The van der Waals surface area contributed by atoms with Crippen LogP contribution in [0.5, 0.6) is 0 Å². The number of amides is 1. The highest BCUT2D eigenvalue weighted by molar-refractivity contribution is 5.76. The Morgan fingerprint density at radius 3 is 2.57 bits per heavy atom. The molecule has 1 atom stereocenters. The first-order valence-corrected chi connectivity index (χ1v) is 4.80. The number of carbonyl (C=O) groups excluding carboxylic acids is 1. The molecule has 0 spiro atoms. The Balaban J connectivity index is 2.29. The van der Waals surface area contributed by atoms with E-state index in [1.54, 1.807) is 0 Å². The molecule has 0 aromatic rings. The van der Waals surface area contributed by atoms with Gasteiger partial charge in [0.25, 0.3) is 0 Å². The van der Waals surface area contributed by atoms with Crippen LogP contribution < -0.4 is 11.5 Å². The van der Waals surface area contributed by atoms with E-state index in [0.29, 0.717) is 6.54 Å². The molecule has 78 valence electrons. The highest BCUT2D eigenvalue weighted by Crippen LogP contribution is 2.16. The molecule has 1 saturated heterocycles. The number of nitriles is 1. The molecule has 1 unspecified atom stereocenters. The molecule has 0 bridgehead atoms. The Morgan fingerprint density at radius 2 is 2.14 bits per heavy atom. The molecule has 4 N–H and O–H groups in total. The minimum absolute atomic E-state index is 0.00422. The van der Waals surface area contributed by atoms with E-state index in [2.05, 4.69) is 4.90 Å². The summed E-state index contributed by atoms with van der Waals surface area (Å²) < 4.78 is 0. The lowest BCUT2D eigenvalue weighted by Gasteiger charge is -2.30. The van der Waals surface area contributed by atoms with E-state index < -0.39 is 6.04 Å². The Morgan fingerprint density at radius 1 is 1.57 bits per heavy atom. The fraction of sp³-hybridized carbons (Fsp3) is 0.778. The fourth-order valence-electron chi connectivity index (χ4n) is 1.72. The van der Waals surface area contributed by atoms with Gasteiger partial charge in [0.05, 0.1) is 6.07 Å². The Labute approximate surface area is 83.6 Å². The lowest BCUT2D eigenvalue weighted by Crippen LogP contribution is -2.43. The highest BCUT2D eigenvalue weighted by atomic mass is 16.1. The molecule has 0 aliphatic carbocycles. The maximum atomic E-state index is 10.9. The summed E-state index contributed by atoms with van der Waals surface area (Å²) in [6.07, 6.45) is 1.57. The van der Waals surface area contributed by atoms with E-state index >= 15 is 0 Å². The van der Waals surface area contributed by atoms with Crippen LogP contribution in [-0.2, 0) is 4.79 Å². The summed E-state index contributed by atoms with van der Waals surface area (Å²) in [5, 5.41) is 8.53. The SMILES string of the molecule is N#CC(N)CN1CCC(C(N)=O)CC1. The number of nitrogens with two attached hydrogens (primary N) is 2. The first kappa shape index (κ1) is 11.0. The largest absolute Gasteiger partial charge is 0.369 e. The van der Waals surface area contributed by atoms with E-state index in [1.807, 2.05) is 6.07 Å². The zero-order valence-corrected chi connectivity index (χ0v) is 8.15. The molecule has 0 radical (unpaired) electrons. The summed E-state index contributed by atoms with van der Waals surface area (Å²) >= 11 is 0. The third kappa shape index (κ3) is 2.98. The summed E-state index contributed by atoms with van der Waals surface area (Å²) in [6, 6.07) is 1.56. The molecule has 0 saturated carbocycles. The van der Waals surface area contributed by atoms with E-state index in [0.717, 1.165) is 25.9 Å². The van der Waals surface area contributed by atoms with Crippen LogP contribution in [0, 0.1) is 17.2 Å².